The fourth-order valence-corrected chi connectivity index (χ4v) is 3.25. The molecule has 126 valence electrons. The van der Waals surface area contributed by atoms with Crippen molar-refractivity contribution in [1.29, 1.82) is 0 Å². The SMILES string of the molecule is OCCN1CCC(=C(c2ccc(F)cc2)c2ccc(F)cc2)CC1. The molecule has 0 amide bonds. The maximum atomic E-state index is 13.3. The zero-order valence-corrected chi connectivity index (χ0v) is 13.5. The normalized spacial score (nSPS) is 15.5. The molecule has 0 atom stereocenters. The number of halogens is 2. The Bertz CT molecular complexity index is 650. The van der Waals surface area contributed by atoms with Gasteiger partial charge in [0.15, 0.2) is 0 Å². The minimum Gasteiger partial charge on any atom is -0.395 e. The van der Waals surface area contributed by atoms with Crippen molar-refractivity contribution in [3.8, 4) is 0 Å². The molecule has 2 nitrogen and oxygen atoms in total. The summed E-state index contributed by atoms with van der Waals surface area (Å²) < 4.78 is 26.6. The molecule has 1 fully saturated rings. The number of likely N-dealkylation sites (tertiary alicyclic amines) is 1. The minimum atomic E-state index is -0.264. The topological polar surface area (TPSA) is 23.5 Å². The van der Waals surface area contributed by atoms with E-state index in [0.29, 0.717) is 6.54 Å². The number of nitrogens with zero attached hydrogens (tertiary/aromatic N) is 1. The summed E-state index contributed by atoms with van der Waals surface area (Å²) in [6.45, 7) is 2.64. The van der Waals surface area contributed by atoms with E-state index in [1.54, 1.807) is 24.3 Å². The van der Waals surface area contributed by atoms with Gasteiger partial charge in [-0.05, 0) is 53.8 Å². The van der Waals surface area contributed by atoms with Crippen LogP contribution in [0, 0.1) is 11.6 Å². The zero-order chi connectivity index (χ0) is 16.9. The number of hydrogen-bond acceptors (Lipinski definition) is 2. The van der Waals surface area contributed by atoms with Crippen LogP contribution in [0.2, 0.25) is 0 Å². The number of piperidine rings is 1. The molecule has 0 spiro atoms. The highest BCUT2D eigenvalue weighted by Gasteiger charge is 2.18. The molecule has 3 rings (SSSR count). The van der Waals surface area contributed by atoms with Gasteiger partial charge < -0.3 is 10.0 Å². The monoisotopic (exact) mass is 329 g/mol. The van der Waals surface area contributed by atoms with Crippen LogP contribution >= 0.6 is 0 Å². The molecule has 1 aliphatic rings. The molecule has 0 saturated carbocycles. The number of β-amino-alcohol motifs (C(OH)–C–C–N with tert-alkyl or cyclic N) is 1. The molecule has 1 aliphatic heterocycles. The Kier molecular flexibility index (Phi) is 5.38. The molecular formula is C20H21F2NO. The van der Waals surface area contributed by atoms with Crippen molar-refractivity contribution in [3.63, 3.8) is 0 Å². The molecule has 1 heterocycles. The van der Waals surface area contributed by atoms with Gasteiger partial charge in [0.05, 0.1) is 6.61 Å². The maximum Gasteiger partial charge on any atom is 0.123 e. The van der Waals surface area contributed by atoms with Gasteiger partial charge in [0, 0.05) is 19.6 Å². The minimum absolute atomic E-state index is 0.168. The lowest BCUT2D eigenvalue weighted by Gasteiger charge is -2.29. The highest BCUT2D eigenvalue weighted by Crippen LogP contribution is 2.32. The summed E-state index contributed by atoms with van der Waals surface area (Å²) in [6.07, 6.45) is 1.79. The van der Waals surface area contributed by atoms with Crippen LogP contribution in [0.15, 0.2) is 54.1 Å². The lowest BCUT2D eigenvalue weighted by Crippen LogP contribution is -2.33. The highest BCUT2D eigenvalue weighted by atomic mass is 19.1. The predicted molar refractivity (Wildman–Crippen MR) is 91.6 cm³/mol. The van der Waals surface area contributed by atoms with E-state index in [0.717, 1.165) is 42.6 Å². The Morgan fingerprint density at radius 2 is 1.29 bits per heavy atom. The summed E-state index contributed by atoms with van der Waals surface area (Å²) in [6, 6.07) is 13.0. The van der Waals surface area contributed by atoms with Crippen LogP contribution in [-0.2, 0) is 0 Å². The molecule has 0 aromatic heterocycles. The summed E-state index contributed by atoms with van der Waals surface area (Å²) in [7, 11) is 0. The van der Waals surface area contributed by atoms with Crippen LogP contribution in [0.4, 0.5) is 8.78 Å². The quantitative estimate of drug-likeness (QED) is 0.921. The molecule has 4 heteroatoms. The molecule has 1 saturated heterocycles. The largest absolute Gasteiger partial charge is 0.395 e. The van der Waals surface area contributed by atoms with Crippen molar-refractivity contribution < 1.29 is 13.9 Å². The van der Waals surface area contributed by atoms with E-state index < -0.39 is 0 Å². The third-order valence-electron chi connectivity index (χ3n) is 4.50. The van der Waals surface area contributed by atoms with Crippen molar-refractivity contribution in [2.24, 2.45) is 0 Å². The first-order chi connectivity index (χ1) is 11.7. The van der Waals surface area contributed by atoms with Gasteiger partial charge in [-0.2, -0.15) is 0 Å². The first kappa shape index (κ1) is 16.8. The Labute approximate surface area is 141 Å². The number of aliphatic hydroxyl groups is 1. The van der Waals surface area contributed by atoms with Gasteiger partial charge in [0.25, 0.3) is 0 Å². The van der Waals surface area contributed by atoms with E-state index in [4.69, 9.17) is 5.11 Å². The van der Waals surface area contributed by atoms with Crippen LogP contribution in [0.3, 0.4) is 0 Å². The van der Waals surface area contributed by atoms with E-state index in [1.807, 2.05) is 0 Å². The second-order valence-electron chi connectivity index (χ2n) is 6.06. The van der Waals surface area contributed by atoms with E-state index in [2.05, 4.69) is 4.90 Å². The second kappa shape index (κ2) is 7.69. The summed E-state index contributed by atoms with van der Waals surface area (Å²) in [5, 5.41) is 9.08. The summed E-state index contributed by atoms with van der Waals surface area (Å²) in [5.74, 6) is -0.528. The maximum absolute atomic E-state index is 13.3. The van der Waals surface area contributed by atoms with E-state index in [-0.39, 0.29) is 18.2 Å². The van der Waals surface area contributed by atoms with Crippen LogP contribution < -0.4 is 0 Å². The number of hydrogen-bond donors (Lipinski definition) is 1. The Balaban J connectivity index is 1.97. The Morgan fingerprint density at radius 1 is 0.833 bits per heavy atom. The first-order valence-electron chi connectivity index (χ1n) is 8.24. The number of aliphatic hydroxyl groups excluding tert-OH is 1. The van der Waals surface area contributed by atoms with Crippen LogP contribution in [-0.4, -0.2) is 36.2 Å². The molecule has 0 bridgehead atoms. The van der Waals surface area contributed by atoms with Gasteiger partial charge in [-0.25, -0.2) is 8.78 Å². The smallest absolute Gasteiger partial charge is 0.123 e. The third-order valence-corrected chi connectivity index (χ3v) is 4.50. The molecular weight excluding hydrogens is 308 g/mol. The molecule has 24 heavy (non-hydrogen) atoms. The molecule has 1 N–H and O–H groups in total. The van der Waals surface area contributed by atoms with Crippen LogP contribution in [0.25, 0.3) is 5.57 Å². The standard InChI is InChI=1S/C20H21F2NO/c21-18-5-1-15(2-6-18)20(16-3-7-19(22)8-4-16)17-9-11-23(12-10-17)13-14-24/h1-8,24H,9-14H2. The van der Waals surface area contributed by atoms with Gasteiger partial charge in [-0.15, -0.1) is 0 Å². The van der Waals surface area contributed by atoms with E-state index in [1.165, 1.54) is 29.8 Å². The number of benzene rings is 2. The van der Waals surface area contributed by atoms with Gasteiger partial charge in [0.2, 0.25) is 0 Å². The van der Waals surface area contributed by atoms with Crippen LogP contribution in [0.1, 0.15) is 24.0 Å². The Morgan fingerprint density at radius 3 is 1.71 bits per heavy atom. The Hall–Kier alpha value is -2.04. The van der Waals surface area contributed by atoms with Gasteiger partial charge in [-0.1, -0.05) is 29.8 Å². The summed E-state index contributed by atoms with van der Waals surface area (Å²) in [5.41, 5.74) is 4.27. The van der Waals surface area contributed by atoms with Gasteiger partial charge >= 0.3 is 0 Å². The average Bonchev–Trinajstić information content (AvgIpc) is 2.60. The fraction of sp³-hybridized carbons (Fsp3) is 0.300. The van der Waals surface area contributed by atoms with Crippen molar-refractivity contribution in [2.45, 2.75) is 12.8 Å². The third kappa shape index (κ3) is 3.89. The molecule has 0 radical (unpaired) electrons. The van der Waals surface area contributed by atoms with Crippen molar-refractivity contribution in [2.75, 3.05) is 26.2 Å². The zero-order valence-electron chi connectivity index (χ0n) is 13.5. The second-order valence-corrected chi connectivity index (χ2v) is 6.06. The van der Waals surface area contributed by atoms with Crippen LogP contribution in [0.5, 0.6) is 0 Å². The number of rotatable bonds is 4. The van der Waals surface area contributed by atoms with Crippen molar-refractivity contribution >= 4 is 5.57 Å². The summed E-state index contributed by atoms with van der Waals surface area (Å²) >= 11 is 0. The summed E-state index contributed by atoms with van der Waals surface area (Å²) in [4.78, 5) is 2.23. The van der Waals surface area contributed by atoms with E-state index in [9.17, 15) is 8.78 Å². The fourth-order valence-electron chi connectivity index (χ4n) is 3.25. The lowest BCUT2D eigenvalue weighted by molar-refractivity contribution is 0.187. The van der Waals surface area contributed by atoms with Crippen molar-refractivity contribution in [1.82, 2.24) is 4.90 Å². The van der Waals surface area contributed by atoms with Gasteiger partial charge in [-0.3, -0.25) is 0 Å². The average molecular weight is 329 g/mol. The molecule has 0 unspecified atom stereocenters. The molecule has 0 aliphatic carbocycles. The van der Waals surface area contributed by atoms with Gasteiger partial charge in [0.1, 0.15) is 11.6 Å². The lowest BCUT2D eigenvalue weighted by atomic mass is 9.88. The molecule has 2 aromatic rings. The highest BCUT2D eigenvalue weighted by molar-refractivity contribution is 5.82. The van der Waals surface area contributed by atoms with Crippen molar-refractivity contribution in [3.05, 3.63) is 76.9 Å². The molecule has 2 aromatic carbocycles. The predicted octanol–water partition coefficient (Wildman–Crippen LogP) is 3.85. The first-order valence-corrected chi connectivity index (χ1v) is 8.24. The van der Waals surface area contributed by atoms with E-state index >= 15 is 0 Å².